The van der Waals surface area contributed by atoms with Gasteiger partial charge in [0.1, 0.15) is 0 Å². The molecular formula is C18H28N2O. The van der Waals surface area contributed by atoms with Crippen molar-refractivity contribution in [1.29, 1.82) is 0 Å². The Labute approximate surface area is 128 Å². The van der Waals surface area contributed by atoms with Crippen LogP contribution in [0.3, 0.4) is 0 Å². The maximum atomic E-state index is 6.50. The molecule has 0 aromatic heterocycles. The number of benzene rings is 1. The topological polar surface area (TPSA) is 38.5 Å². The highest BCUT2D eigenvalue weighted by atomic mass is 16.5. The average molecular weight is 288 g/mol. The van der Waals surface area contributed by atoms with Crippen LogP contribution in [-0.4, -0.2) is 36.7 Å². The number of ether oxygens (including phenoxy) is 1. The van der Waals surface area contributed by atoms with Crippen molar-refractivity contribution in [1.82, 2.24) is 4.90 Å². The van der Waals surface area contributed by atoms with Crippen molar-refractivity contribution in [3.8, 4) is 0 Å². The van der Waals surface area contributed by atoms with E-state index in [0.717, 1.165) is 19.6 Å². The van der Waals surface area contributed by atoms with Gasteiger partial charge in [-0.2, -0.15) is 0 Å². The fourth-order valence-electron chi connectivity index (χ4n) is 3.67. The third-order valence-corrected chi connectivity index (χ3v) is 4.80. The third kappa shape index (κ3) is 3.47. The largest absolute Gasteiger partial charge is 0.373 e. The van der Waals surface area contributed by atoms with E-state index in [1.807, 2.05) is 0 Å². The standard InChI is InChI=1S/C18H28N2O/c1-13(2)9-14-5-3-6-15(10-14)18(19)17-11-20-8-4-7-16(20)12-21-17/h3,5-6,10,13,16-18H,4,7-9,11-12,19H2,1-2H3. The molecule has 2 saturated heterocycles. The number of fused-ring (bicyclic) bond motifs is 1. The quantitative estimate of drug-likeness (QED) is 0.926. The fraction of sp³-hybridized carbons (Fsp3) is 0.667. The number of rotatable bonds is 4. The number of morpholine rings is 1. The van der Waals surface area contributed by atoms with Crippen molar-refractivity contribution in [3.63, 3.8) is 0 Å². The summed E-state index contributed by atoms with van der Waals surface area (Å²) in [6.07, 6.45) is 3.83. The van der Waals surface area contributed by atoms with Gasteiger partial charge in [0.25, 0.3) is 0 Å². The summed E-state index contributed by atoms with van der Waals surface area (Å²) in [6.45, 7) is 7.56. The summed E-state index contributed by atoms with van der Waals surface area (Å²) in [4.78, 5) is 2.56. The molecule has 3 nitrogen and oxygen atoms in total. The fourth-order valence-corrected chi connectivity index (χ4v) is 3.67. The van der Waals surface area contributed by atoms with Gasteiger partial charge in [-0.25, -0.2) is 0 Å². The van der Waals surface area contributed by atoms with Gasteiger partial charge in [0, 0.05) is 12.6 Å². The van der Waals surface area contributed by atoms with E-state index in [2.05, 4.69) is 43.0 Å². The van der Waals surface area contributed by atoms with Gasteiger partial charge in [-0.15, -0.1) is 0 Å². The van der Waals surface area contributed by atoms with Crippen molar-refractivity contribution in [2.45, 2.75) is 51.3 Å². The molecule has 3 rings (SSSR count). The molecule has 3 unspecified atom stereocenters. The Balaban J connectivity index is 1.68. The molecule has 3 atom stereocenters. The normalized spacial score (nSPS) is 27.8. The minimum atomic E-state index is -0.0151. The highest BCUT2D eigenvalue weighted by Crippen LogP contribution is 2.28. The molecule has 2 aliphatic rings. The van der Waals surface area contributed by atoms with Crippen LogP contribution in [0.15, 0.2) is 24.3 Å². The molecule has 1 aromatic rings. The zero-order chi connectivity index (χ0) is 14.8. The molecule has 1 aromatic carbocycles. The molecule has 0 bridgehead atoms. The van der Waals surface area contributed by atoms with Crippen molar-refractivity contribution in [2.75, 3.05) is 19.7 Å². The second-order valence-electron chi connectivity index (χ2n) is 7.03. The Bertz CT molecular complexity index is 474. The molecule has 2 aliphatic heterocycles. The van der Waals surface area contributed by atoms with Crippen LogP contribution >= 0.6 is 0 Å². The van der Waals surface area contributed by atoms with E-state index >= 15 is 0 Å². The second-order valence-corrected chi connectivity index (χ2v) is 7.03. The van der Waals surface area contributed by atoms with Crippen LogP contribution in [0.5, 0.6) is 0 Å². The first-order chi connectivity index (χ1) is 10.1. The first kappa shape index (κ1) is 15.0. The van der Waals surface area contributed by atoms with Crippen molar-refractivity contribution in [2.24, 2.45) is 11.7 Å². The molecule has 0 saturated carbocycles. The first-order valence-electron chi connectivity index (χ1n) is 8.33. The monoisotopic (exact) mass is 288 g/mol. The number of nitrogens with two attached hydrogens (primary N) is 1. The van der Waals surface area contributed by atoms with E-state index in [1.165, 1.54) is 30.5 Å². The summed E-state index contributed by atoms with van der Waals surface area (Å²) >= 11 is 0. The molecule has 21 heavy (non-hydrogen) atoms. The zero-order valence-electron chi connectivity index (χ0n) is 13.3. The van der Waals surface area contributed by atoms with Crippen LogP contribution in [0.4, 0.5) is 0 Å². The minimum absolute atomic E-state index is 0.0151. The smallest absolute Gasteiger partial charge is 0.0895 e. The summed E-state index contributed by atoms with van der Waals surface area (Å²) < 4.78 is 6.06. The Morgan fingerprint density at radius 2 is 2.24 bits per heavy atom. The highest BCUT2D eigenvalue weighted by Gasteiger charge is 2.35. The van der Waals surface area contributed by atoms with Crippen LogP contribution < -0.4 is 5.73 Å². The summed E-state index contributed by atoms with van der Waals surface area (Å²) in [5, 5.41) is 0. The lowest BCUT2D eigenvalue weighted by Gasteiger charge is -2.37. The van der Waals surface area contributed by atoms with Gasteiger partial charge < -0.3 is 10.5 Å². The molecule has 0 aliphatic carbocycles. The maximum Gasteiger partial charge on any atom is 0.0895 e. The second kappa shape index (κ2) is 6.47. The Morgan fingerprint density at radius 1 is 1.38 bits per heavy atom. The lowest BCUT2D eigenvalue weighted by molar-refractivity contribution is -0.0597. The van der Waals surface area contributed by atoms with Gasteiger partial charge in [-0.1, -0.05) is 38.1 Å². The zero-order valence-corrected chi connectivity index (χ0v) is 13.3. The Hall–Kier alpha value is -0.900. The van der Waals surface area contributed by atoms with E-state index in [4.69, 9.17) is 10.5 Å². The van der Waals surface area contributed by atoms with Gasteiger partial charge in [0.15, 0.2) is 0 Å². The lowest BCUT2D eigenvalue weighted by atomic mass is 9.95. The van der Waals surface area contributed by atoms with Crippen LogP contribution in [0.25, 0.3) is 0 Å². The third-order valence-electron chi connectivity index (χ3n) is 4.80. The van der Waals surface area contributed by atoms with E-state index in [1.54, 1.807) is 0 Å². The summed E-state index contributed by atoms with van der Waals surface area (Å²) in [5.74, 6) is 0.674. The average Bonchev–Trinajstić information content (AvgIpc) is 2.93. The molecule has 2 fully saturated rings. The van der Waals surface area contributed by atoms with Crippen molar-refractivity contribution in [3.05, 3.63) is 35.4 Å². The lowest BCUT2D eigenvalue weighted by Crippen LogP contribution is -2.49. The van der Waals surface area contributed by atoms with Gasteiger partial charge in [-0.3, -0.25) is 4.90 Å². The predicted molar refractivity (Wildman–Crippen MR) is 86.2 cm³/mol. The van der Waals surface area contributed by atoms with E-state index < -0.39 is 0 Å². The predicted octanol–water partition coefficient (Wildman–Crippen LogP) is 2.75. The van der Waals surface area contributed by atoms with Crippen LogP contribution in [-0.2, 0) is 11.2 Å². The molecular weight excluding hydrogens is 260 g/mol. The molecule has 3 heteroatoms. The summed E-state index contributed by atoms with van der Waals surface area (Å²) in [6, 6.07) is 9.38. The molecule has 0 amide bonds. The van der Waals surface area contributed by atoms with Gasteiger partial charge in [0.05, 0.1) is 18.8 Å². The Morgan fingerprint density at radius 3 is 3.05 bits per heavy atom. The minimum Gasteiger partial charge on any atom is -0.373 e. The van der Waals surface area contributed by atoms with Crippen molar-refractivity contribution < 1.29 is 4.74 Å². The van der Waals surface area contributed by atoms with E-state index in [-0.39, 0.29) is 12.1 Å². The highest BCUT2D eigenvalue weighted by molar-refractivity contribution is 5.27. The SMILES string of the molecule is CC(C)Cc1cccc(C(N)C2CN3CCCC3CO2)c1. The van der Waals surface area contributed by atoms with Gasteiger partial charge in [-0.05, 0) is 42.9 Å². The number of hydrogen-bond acceptors (Lipinski definition) is 3. The molecule has 2 heterocycles. The van der Waals surface area contributed by atoms with E-state index in [9.17, 15) is 0 Å². The van der Waals surface area contributed by atoms with Crippen LogP contribution in [0.2, 0.25) is 0 Å². The van der Waals surface area contributed by atoms with Gasteiger partial charge >= 0.3 is 0 Å². The summed E-state index contributed by atoms with van der Waals surface area (Å²) in [5.41, 5.74) is 9.10. The van der Waals surface area contributed by atoms with Gasteiger partial charge in [0.2, 0.25) is 0 Å². The maximum absolute atomic E-state index is 6.50. The summed E-state index contributed by atoms with van der Waals surface area (Å²) in [7, 11) is 0. The van der Waals surface area contributed by atoms with E-state index in [0.29, 0.717) is 12.0 Å². The molecule has 116 valence electrons. The molecule has 0 spiro atoms. The molecule has 0 radical (unpaired) electrons. The molecule has 2 N–H and O–H groups in total. The van der Waals surface area contributed by atoms with Crippen LogP contribution in [0, 0.1) is 5.92 Å². The number of hydrogen-bond donors (Lipinski definition) is 1. The number of nitrogens with zero attached hydrogens (tertiary/aromatic N) is 1. The van der Waals surface area contributed by atoms with Crippen molar-refractivity contribution >= 4 is 0 Å². The Kier molecular flexibility index (Phi) is 4.63. The van der Waals surface area contributed by atoms with Crippen LogP contribution in [0.1, 0.15) is 43.9 Å². The first-order valence-corrected chi connectivity index (χ1v) is 8.33.